The SMILES string of the molecule is CC(C)COc1ccc(CNC(=O)N(Cc2ccc(F)nc2)C2CCNCC2)cc1. The molecule has 0 spiro atoms. The summed E-state index contributed by atoms with van der Waals surface area (Å²) in [6.07, 6.45) is 3.28. The van der Waals surface area contributed by atoms with Gasteiger partial charge in [-0.3, -0.25) is 0 Å². The van der Waals surface area contributed by atoms with Crippen molar-refractivity contribution in [1.29, 1.82) is 0 Å². The summed E-state index contributed by atoms with van der Waals surface area (Å²) in [5, 5.41) is 6.36. The van der Waals surface area contributed by atoms with E-state index in [2.05, 4.69) is 29.5 Å². The van der Waals surface area contributed by atoms with E-state index < -0.39 is 5.95 Å². The summed E-state index contributed by atoms with van der Waals surface area (Å²) in [5.41, 5.74) is 1.82. The van der Waals surface area contributed by atoms with E-state index in [0.717, 1.165) is 42.8 Å². The van der Waals surface area contributed by atoms with Gasteiger partial charge in [-0.05, 0) is 61.2 Å². The average Bonchev–Trinajstić information content (AvgIpc) is 2.77. The van der Waals surface area contributed by atoms with E-state index in [0.29, 0.717) is 25.6 Å². The molecule has 1 aromatic carbocycles. The molecular weight excluding hydrogens is 383 g/mol. The molecule has 1 aliphatic rings. The van der Waals surface area contributed by atoms with Crippen LogP contribution in [0.2, 0.25) is 0 Å². The van der Waals surface area contributed by atoms with E-state index in [-0.39, 0.29) is 12.1 Å². The highest BCUT2D eigenvalue weighted by Crippen LogP contribution is 2.17. The number of hydrogen-bond acceptors (Lipinski definition) is 4. The quantitative estimate of drug-likeness (QED) is 0.646. The first-order chi connectivity index (χ1) is 14.5. The number of amides is 2. The lowest BCUT2D eigenvalue weighted by molar-refractivity contribution is 0.154. The normalized spacial score (nSPS) is 14.5. The van der Waals surface area contributed by atoms with Gasteiger partial charge in [0.2, 0.25) is 5.95 Å². The van der Waals surface area contributed by atoms with Crippen LogP contribution in [0.25, 0.3) is 0 Å². The Balaban J connectivity index is 1.60. The Morgan fingerprint density at radius 1 is 1.20 bits per heavy atom. The predicted molar refractivity (Wildman–Crippen MR) is 115 cm³/mol. The summed E-state index contributed by atoms with van der Waals surface area (Å²) < 4.78 is 18.8. The molecule has 2 heterocycles. The Hall–Kier alpha value is -2.67. The second-order valence-corrected chi connectivity index (χ2v) is 8.11. The molecule has 0 radical (unpaired) electrons. The van der Waals surface area contributed by atoms with Crippen LogP contribution in [0.5, 0.6) is 5.75 Å². The van der Waals surface area contributed by atoms with Crippen LogP contribution in [0.3, 0.4) is 0 Å². The summed E-state index contributed by atoms with van der Waals surface area (Å²) in [6, 6.07) is 10.8. The van der Waals surface area contributed by atoms with Gasteiger partial charge in [0, 0.05) is 25.3 Å². The first-order valence-electron chi connectivity index (χ1n) is 10.6. The van der Waals surface area contributed by atoms with Crippen molar-refractivity contribution in [2.75, 3.05) is 19.7 Å². The minimum absolute atomic E-state index is 0.119. The van der Waals surface area contributed by atoms with Crippen molar-refractivity contribution in [2.45, 2.75) is 45.8 Å². The fourth-order valence-electron chi connectivity index (χ4n) is 3.43. The minimum atomic E-state index is -0.516. The van der Waals surface area contributed by atoms with Crippen molar-refractivity contribution in [2.24, 2.45) is 5.92 Å². The second-order valence-electron chi connectivity index (χ2n) is 8.11. The van der Waals surface area contributed by atoms with Gasteiger partial charge in [0.1, 0.15) is 5.75 Å². The van der Waals surface area contributed by atoms with Crippen molar-refractivity contribution in [3.05, 3.63) is 59.7 Å². The Labute approximate surface area is 177 Å². The molecule has 1 saturated heterocycles. The van der Waals surface area contributed by atoms with E-state index in [1.807, 2.05) is 29.2 Å². The third-order valence-electron chi connectivity index (χ3n) is 5.10. The lowest BCUT2D eigenvalue weighted by atomic mass is 10.0. The molecule has 1 aromatic heterocycles. The number of carbonyl (C=O) groups is 1. The number of nitrogens with zero attached hydrogens (tertiary/aromatic N) is 2. The van der Waals surface area contributed by atoms with Gasteiger partial charge in [0.15, 0.2) is 0 Å². The fraction of sp³-hybridized carbons (Fsp3) is 0.478. The molecule has 2 N–H and O–H groups in total. The van der Waals surface area contributed by atoms with Gasteiger partial charge in [0.25, 0.3) is 0 Å². The fourth-order valence-corrected chi connectivity index (χ4v) is 3.43. The maximum absolute atomic E-state index is 13.1. The number of halogens is 1. The molecule has 1 aliphatic heterocycles. The standard InChI is InChI=1S/C23H31FN4O2/c1-17(2)16-30-21-6-3-18(4-7-21)13-27-23(29)28(20-9-11-25-12-10-20)15-19-5-8-22(24)26-14-19/h3-8,14,17,20,25H,9-13,15-16H2,1-2H3,(H,27,29). The highest BCUT2D eigenvalue weighted by Gasteiger charge is 2.25. The van der Waals surface area contributed by atoms with Crippen LogP contribution in [0, 0.1) is 11.9 Å². The largest absolute Gasteiger partial charge is 0.493 e. The molecule has 2 aromatic rings. The zero-order valence-corrected chi connectivity index (χ0v) is 17.7. The number of carbonyl (C=O) groups excluding carboxylic acids is 1. The first kappa shape index (κ1) is 22.0. The third kappa shape index (κ3) is 6.69. The van der Waals surface area contributed by atoms with E-state index in [4.69, 9.17) is 4.74 Å². The zero-order chi connectivity index (χ0) is 21.3. The average molecular weight is 415 g/mol. The minimum Gasteiger partial charge on any atom is -0.493 e. The van der Waals surface area contributed by atoms with Gasteiger partial charge in [-0.1, -0.05) is 32.0 Å². The van der Waals surface area contributed by atoms with E-state index in [1.165, 1.54) is 12.3 Å². The Morgan fingerprint density at radius 3 is 2.53 bits per heavy atom. The molecule has 1 fully saturated rings. The summed E-state index contributed by atoms with van der Waals surface area (Å²) in [5.74, 6) is 0.789. The highest BCUT2D eigenvalue weighted by molar-refractivity contribution is 5.74. The molecule has 30 heavy (non-hydrogen) atoms. The zero-order valence-electron chi connectivity index (χ0n) is 17.7. The van der Waals surface area contributed by atoms with Gasteiger partial charge in [-0.2, -0.15) is 4.39 Å². The molecule has 0 unspecified atom stereocenters. The van der Waals surface area contributed by atoms with Gasteiger partial charge in [0.05, 0.1) is 6.61 Å². The summed E-state index contributed by atoms with van der Waals surface area (Å²) in [6.45, 7) is 7.51. The number of ether oxygens (including phenoxy) is 1. The first-order valence-corrected chi connectivity index (χ1v) is 10.6. The molecule has 6 nitrogen and oxygen atoms in total. The van der Waals surface area contributed by atoms with Crippen molar-refractivity contribution in [3.8, 4) is 5.75 Å². The number of hydrogen-bond donors (Lipinski definition) is 2. The summed E-state index contributed by atoms with van der Waals surface area (Å²) in [4.78, 5) is 18.6. The van der Waals surface area contributed by atoms with Gasteiger partial charge >= 0.3 is 6.03 Å². The number of nitrogens with one attached hydrogen (secondary N) is 2. The van der Waals surface area contributed by atoms with Crippen molar-refractivity contribution < 1.29 is 13.9 Å². The smallest absolute Gasteiger partial charge is 0.318 e. The Bertz CT molecular complexity index is 790. The highest BCUT2D eigenvalue weighted by atomic mass is 19.1. The monoisotopic (exact) mass is 414 g/mol. The maximum atomic E-state index is 13.1. The molecule has 162 valence electrons. The number of pyridine rings is 1. The van der Waals surface area contributed by atoms with Crippen LogP contribution in [-0.4, -0.2) is 41.7 Å². The van der Waals surface area contributed by atoms with Gasteiger partial charge in [-0.25, -0.2) is 9.78 Å². The number of rotatable bonds is 8. The molecule has 3 rings (SSSR count). The van der Waals surface area contributed by atoms with Gasteiger partial charge < -0.3 is 20.3 Å². The van der Waals surface area contributed by atoms with Crippen LogP contribution < -0.4 is 15.4 Å². The molecular formula is C23H31FN4O2. The van der Waals surface area contributed by atoms with E-state index >= 15 is 0 Å². The molecule has 0 saturated carbocycles. The van der Waals surface area contributed by atoms with Crippen molar-refractivity contribution in [1.82, 2.24) is 20.5 Å². The molecule has 0 bridgehead atoms. The third-order valence-corrected chi connectivity index (χ3v) is 5.10. The summed E-state index contributed by atoms with van der Waals surface area (Å²) in [7, 11) is 0. The number of piperidine rings is 1. The molecule has 7 heteroatoms. The van der Waals surface area contributed by atoms with Crippen molar-refractivity contribution >= 4 is 6.03 Å². The molecule has 2 amide bonds. The van der Waals surface area contributed by atoms with Crippen LogP contribution >= 0.6 is 0 Å². The molecule has 0 aliphatic carbocycles. The van der Waals surface area contributed by atoms with Crippen molar-refractivity contribution in [3.63, 3.8) is 0 Å². The predicted octanol–water partition coefficient (Wildman–Crippen LogP) is 3.72. The van der Waals surface area contributed by atoms with E-state index in [9.17, 15) is 9.18 Å². The molecule has 0 atom stereocenters. The van der Waals surface area contributed by atoms with Gasteiger partial charge in [-0.15, -0.1) is 0 Å². The van der Waals surface area contributed by atoms with Crippen LogP contribution in [0.1, 0.15) is 37.8 Å². The lowest BCUT2D eigenvalue weighted by Crippen LogP contribution is -2.49. The maximum Gasteiger partial charge on any atom is 0.318 e. The Morgan fingerprint density at radius 2 is 1.90 bits per heavy atom. The summed E-state index contributed by atoms with van der Waals surface area (Å²) >= 11 is 0. The number of aromatic nitrogens is 1. The van der Waals surface area contributed by atoms with Crippen LogP contribution in [0.15, 0.2) is 42.6 Å². The second kappa shape index (κ2) is 10.9. The van der Waals surface area contributed by atoms with Crippen LogP contribution in [-0.2, 0) is 13.1 Å². The van der Waals surface area contributed by atoms with Crippen LogP contribution in [0.4, 0.5) is 9.18 Å². The lowest BCUT2D eigenvalue weighted by Gasteiger charge is -2.34. The topological polar surface area (TPSA) is 66.5 Å². The Kier molecular flexibility index (Phi) is 8.02. The number of urea groups is 1. The van der Waals surface area contributed by atoms with E-state index in [1.54, 1.807) is 6.07 Å². The number of benzene rings is 1.